The summed E-state index contributed by atoms with van der Waals surface area (Å²) in [6.07, 6.45) is 3.47. The molecule has 0 saturated heterocycles. The molecule has 1 aromatic carbocycles. The highest BCUT2D eigenvalue weighted by Gasteiger charge is 2.10. The molecule has 4 nitrogen and oxygen atoms in total. The van der Waals surface area contributed by atoms with Gasteiger partial charge in [0.1, 0.15) is 6.26 Å². The Balaban J connectivity index is 2.08. The van der Waals surface area contributed by atoms with Gasteiger partial charge in [-0.05, 0) is 24.3 Å². The number of oxazole rings is 1. The fourth-order valence-corrected chi connectivity index (χ4v) is 2.16. The first-order valence-electron chi connectivity index (χ1n) is 6.37. The van der Waals surface area contributed by atoms with Gasteiger partial charge in [-0.15, -0.1) is 6.58 Å². The minimum absolute atomic E-state index is 0.116. The van der Waals surface area contributed by atoms with Crippen molar-refractivity contribution in [3.8, 4) is 11.5 Å². The third-order valence-electron chi connectivity index (χ3n) is 2.83. The predicted octanol–water partition coefficient (Wildman–Crippen LogP) is 3.08. The van der Waals surface area contributed by atoms with E-state index in [2.05, 4.69) is 32.4 Å². The summed E-state index contributed by atoms with van der Waals surface area (Å²) in [7, 11) is 0. The zero-order chi connectivity index (χ0) is 14.4. The SMILES string of the molecule is C=CCN(CCO)Cc1coc(-c2ccc(Br)cc2)n1. The van der Waals surface area contributed by atoms with E-state index >= 15 is 0 Å². The van der Waals surface area contributed by atoms with Crippen molar-refractivity contribution in [3.63, 3.8) is 0 Å². The van der Waals surface area contributed by atoms with Crippen molar-refractivity contribution in [2.45, 2.75) is 6.54 Å². The highest BCUT2D eigenvalue weighted by molar-refractivity contribution is 9.10. The number of hydrogen-bond donors (Lipinski definition) is 1. The van der Waals surface area contributed by atoms with E-state index in [1.54, 1.807) is 6.26 Å². The smallest absolute Gasteiger partial charge is 0.226 e. The Bertz CT molecular complexity index is 551. The number of hydrogen-bond acceptors (Lipinski definition) is 4. The molecular formula is C15H17BrN2O2. The molecule has 0 amide bonds. The van der Waals surface area contributed by atoms with Crippen LogP contribution in [0.15, 0.2) is 52.1 Å². The monoisotopic (exact) mass is 336 g/mol. The highest BCUT2D eigenvalue weighted by Crippen LogP contribution is 2.21. The van der Waals surface area contributed by atoms with E-state index in [0.29, 0.717) is 25.5 Å². The van der Waals surface area contributed by atoms with Gasteiger partial charge in [0.05, 0.1) is 12.3 Å². The fourth-order valence-electron chi connectivity index (χ4n) is 1.89. The number of halogens is 1. The van der Waals surface area contributed by atoms with E-state index in [4.69, 9.17) is 9.52 Å². The summed E-state index contributed by atoms with van der Waals surface area (Å²) >= 11 is 3.40. The average molecular weight is 337 g/mol. The Morgan fingerprint density at radius 3 is 2.75 bits per heavy atom. The second-order valence-electron chi connectivity index (χ2n) is 4.40. The molecule has 0 radical (unpaired) electrons. The quantitative estimate of drug-likeness (QED) is 0.789. The van der Waals surface area contributed by atoms with Crippen LogP contribution in [0.25, 0.3) is 11.5 Å². The van der Waals surface area contributed by atoms with Crippen LogP contribution in [0.3, 0.4) is 0 Å². The van der Waals surface area contributed by atoms with Gasteiger partial charge in [0.2, 0.25) is 5.89 Å². The van der Waals surface area contributed by atoms with Gasteiger partial charge >= 0.3 is 0 Å². The maximum atomic E-state index is 9.03. The molecule has 0 fully saturated rings. The van der Waals surface area contributed by atoms with Crippen molar-refractivity contribution in [2.75, 3.05) is 19.7 Å². The lowest BCUT2D eigenvalue weighted by Gasteiger charge is -2.17. The first-order valence-corrected chi connectivity index (χ1v) is 7.16. The molecule has 0 saturated carbocycles. The van der Waals surface area contributed by atoms with Crippen LogP contribution in [0.1, 0.15) is 5.69 Å². The van der Waals surface area contributed by atoms with Crippen LogP contribution in [-0.4, -0.2) is 34.7 Å². The second kappa shape index (κ2) is 7.38. The van der Waals surface area contributed by atoms with Crippen molar-refractivity contribution >= 4 is 15.9 Å². The Morgan fingerprint density at radius 1 is 1.35 bits per heavy atom. The highest BCUT2D eigenvalue weighted by atomic mass is 79.9. The molecule has 0 unspecified atom stereocenters. The fraction of sp³-hybridized carbons (Fsp3) is 0.267. The molecule has 0 atom stereocenters. The van der Waals surface area contributed by atoms with E-state index in [9.17, 15) is 0 Å². The lowest BCUT2D eigenvalue weighted by molar-refractivity contribution is 0.202. The summed E-state index contributed by atoms with van der Waals surface area (Å²) in [5, 5.41) is 9.03. The van der Waals surface area contributed by atoms with Crippen molar-refractivity contribution in [2.24, 2.45) is 0 Å². The summed E-state index contributed by atoms with van der Waals surface area (Å²) in [6, 6.07) is 7.81. The standard InChI is InChI=1S/C15H17BrN2O2/c1-2-7-18(8-9-19)10-14-11-20-15(17-14)12-3-5-13(16)6-4-12/h2-6,11,19H,1,7-10H2. The number of aromatic nitrogens is 1. The molecule has 106 valence electrons. The number of benzene rings is 1. The first-order chi connectivity index (χ1) is 9.72. The van der Waals surface area contributed by atoms with Crippen LogP contribution in [0, 0.1) is 0 Å². The molecular weight excluding hydrogens is 320 g/mol. The van der Waals surface area contributed by atoms with Crippen LogP contribution in [0.2, 0.25) is 0 Å². The van der Waals surface area contributed by atoms with E-state index in [1.807, 2.05) is 30.3 Å². The lowest BCUT2D eigenvalue weighted by Crippen LogP contribution is -2.26. The normalized spacial score (nSPS) is 10.9. The largest absolute Gasteiger partial charge is 0.444 e. The average Bonchev–Trinajstić information content (AvgIpc) is 2.89. The van der Waals surface area contributed by atoms with Crippen LogP contribution in [0.5, 0.6) is 0 Å². The summed E-state index contributed by atoms with van der Waals surface area (Å²) in [5.74, 6) is 0.607. The van der Waals surface area contributed by atoms with Gasteiger partial charge in [0.15, 0.2) is 0 Å². The Hall–Kier alpha value is -1.43. The molecule has 0 bridgehead atoms. The summed E-state index contributed by atoms with van der Waals surface area (Å²) in [4.78, 5) is 6.53. The van der Waals surface area contributed by atoms with Crippen molar-refractivity contribution in [3.05, 3.63) is 53.4 Å². The maximum Gasteiger partial charge on any atom is 0.226 e. The molecule has 0 aliphatic rings. The van der Waals surface area contributed by atoms with Crippen molar-refractivity contribution in [1.29, 1.82) is 0 Å². The van der Waals surface area contributed by atoms with Gasteiger partial charge in [0.25, 0.3) is 0 Å². The third kappa shape index (κ3) is 4.03. The van der Waals surface area contributed by atoms with Crippen LogP contribution < -0.4 is 0 Å². The van der Waals surface area contributed by atoms with Gasteiger partial charge in [-0.3, -0.25) is 4.90 Å². The van der Waals surface area contributed by atoms with Crippen LogP contribution >= 0.6 is 15.9 Å². The van der Waals surface area contributed by atoms with Gasteiger partial charge in [-0.1, -0.05) is 22.0 Å². The second-order valence-corrected chi connectivity index (χ2v) is 5.31. The first kappa shape index (κ1) is 15.0. The molecule has 1 N–H and O–H groups in total. The van der Waals surface area contributed by atoms with Gasteiger partial charge in [0, 0.05) is 29.7 Å². The van der Waals surface area contributed by atoms with E-state index in [-0.39, 0.29) is 6.61 Å². The maximum absolute atomic E-state index is 9.03. The Morgan fingerprint density at radius 2 is 2.10 bits per heavy atom. The van der Waals surface area contributed by atoms with Crippen molar-refractivity contribution < 1.29 is 9.52 Å². The Labute approximate surface area is 126 Å². The molecule has 1 aromatic heterocycles. The van der Waals surface area contributed by atoms with E-state index < -0.39 is 0 Å². The predicted molar refractivity (Wildman–Crippen MR) is 82.2 cm³/mol. The molecule has 0 aliphatic carbocycles. The summed E-state index contributed by atoms with van der Waals surface area (Å²) in [5.41, 5.74) is 1.79. The zero-order valence-corrected chi connectivity index (χ0v) is 12.7. The van der Waals surface area contributed by atoms with E-state index in [0.717, 1.165) is 15.7 Å². The summed E-state index contributed by atoms with van der Waals surface area (Å²) in [6.45, 7) is 5.76. The minimum atomic E-state index is 0.116. The van der Waals surface area contributed by atoms with E-state index in [1.165, 1.54) is 0 Å². The topological polar surface area (TPSA) is 49.5 Å². The number of aliphatic hydroxyl groups is 1. The van der Waals surface area contributed by atoms with Crippen molar-refractivity contribution in [1.82, 2.24) is 9.88 Å². The number of aliphatic hydroxyl groups excluding tert-OH is 1. The van der Waals surface area contributed by atoms with Crippen LogP contribution in [-0.2, 0) is 6.54 Å². The van der Waals surface area contributed by atoms with Crippen LogP contribution in [0.4, 0.5) is 0 Å². The molecule has 1 heterocycles. The molecule has 0 spiro atoms. The molecule has 0 aliphatic heterocycles. The third-order valence-corrected chi connectivity index (χ3v) is 3.36. The summed E-state index contributed by atoms with van der Waals surface area (Å²) < 4.78 is 6.53. The lowest BCUT2D eigenvalue weighted by atomic mass is 10.2. The molecule has 2 aromatic rings. The number of rotatable bonds is 7. The van der Waals surface area contributed by atoms with Gasteiger partial charge < -0.3 is 9.52 Å². The van der Waals surface area contributed by atoms with Gasteiger partial charge in [-0.25, -0.2) is 4.98 Å². The zero-order valence-electron chi connectivity index (χ0n) is 11.1. The van der Waals surface area contributed by atoms with Gasteiger partial charge in [-0.2, -0.15) is 0 Å². The minimum Gasteiger partial charge on any atom is -0.444 e. The number of nitrogens with zero attached hydrogens (tertiary/aromatic N) is 2. The molecule has 5 heteroatoms. The molecule has 2 rings (SSSR count). The Kier molecular flexibility index (Phi) is 5.52. The molecule has 20 heavy (non-hydrogen) atoms.